The Labute approximate surface area is 122 Å². The summed E-state index contributed by atoms with van der Waals surface area (Å²) in [5, 5.41) is 12.3. The van der Waals surface area contributed by atoms with Crippen LogP contribution < -0.4 is 4.72 Å². The fourth-order valence-corrected chi connectivity index (χ4v) is 3.54. The maximum Gasteiger partial charge on any atom is 0.292 e. The van der Waals surface area contributed by atoms with Crippen LogP contribution in [-0.4, -0.2) is 28.4 Å². The van der Waals surface area contributed by atoms with Gasteiger partial charge in [-0.25, -0.2) is 0 Å². The van der Waals surface area contributed by atoms with E-state index in [2.05, 4.69) is 20.0 Å². The smallest absolute Gasteiger partial charge is 0.262 e. The summed E-state index contributed by atoms with van der Waals surface area (Å²) < 4.78 is 28.3. The van der Waals surface area contributed by atoms with Crippen LogP contribution >= 0.6 is 11.3 Å². The van der Waals surface area contributed by atoms with Gasteiger partial charge >= 0.3 is 0 Å². The highest BCUT2D eigenvalue weighted by molar-refractivity contribution is 7.94. The summed E-state index contributed by atoms with van der Waals surface area (Å²) in [7, 11) is -2.02. The van der Waals surface area contributed by atoms with Crippen LogP contribution in [0.25, 0.3) is 0 Å². The van der Waals surface area contributed by atoms with Crippen LogP contribution in [0.3, 0.4) is 0 Å². The van der Waals surface area contributed by atoms with Crippen LogP contribution in [-0.2, 0) is 22.5 Å². The van der Waals surface area contributed by atoms with Crippen molar-refractivity contribution in [3.63, 3.8) is 0 Å². The van der Waals surface area contributed by atoms with Crippen LogP contribution in [0.15, 0.2) is 10.4 Å². The summed E-state index contributed by atoms with van der Waals surface area (Å²) >= 11 is 1.03. The minimum atomic E-state index is -3.71. The van der Waals surface area contributed by atoms with Gasteiger partial charge < -0.3 is 0 Å². The van der Waals surface area contributed by atoms with Gasteiger partial charge in [0, 0.05) is 18.5 Å². The molecule has 20 heavy (non-hydrogen) atoms. The number of nitrogens with zero attached hydrogens (tertiary/aromatic N) is 4. The molecule has 0 aromatic carbocycles. The lowest BCUT2D eigenvalue weighted by molar-refractivity contribution is 0.553. The molecular weight excluding hydrogens is 298 g/mol. The molecule has 7 nitrogen and oxygen atoms in total. The zero-order valence-electron chi connectivity index (χ0n) is 12.0. The number of aryl methyl sites for hydroxylation is 2. The van der Waals surface area contributed by atoms with E-state index in [-0.39, 0.29) is 9.75 Å². The lowest BCUT2D eigenvalue weighted by Gasteiger charge is -2.13. The van der Waals surface area contributed by atoms with Crippen molar-refractivity contribution >= 4 is 27.2 Å². The standard InChI is InChI=1S/C11H17N5O2S2/c1-7-12-13-10(19-7)20(17,18)15-9-6-8(11(2,3)4)14-16(9)5/h6,15H,1-5H3. The minimum absolute atomic E-state index is 0.0477. The van der Waals surface area contributed by atoms with E-state index in [4.69, 9.17) is 0 Å². The van der Waals surface area contributed by atoms with Crippen LogP contribution in [0.5, 0.6) is 0 Å². The van der Waals surface area contributed by atoms with E-state index in [0.717, 1.165) is 17.0 Å². The molecule has 0 bridgehead atoms. The van der Waals surface area contributed by atoms with Gasteiger partial charge in [0.2, 0.25) is 0 Å². The van der Waals surface area contributed by atoms with Crippen molar-refractivity contribution in [1.29, 1.82) is 0 Å². The third-order valence-electron chi connectivity index (χ3n) is 2.62. The summed E-state index contributed by atoms with van der Waals surface area (Å²) in [6, 6.07) is 1.73. The van der Waals surface area contributed by atoms with Crippen molar-refractivity contribution in [2.24, 2.45) is 7.05 Å². The molecule has 2 heterocycles. The topological polar surface area (TPSA) is 89.8 Å². The monoisotopic (exact) mass is 315 g/mol. The first-order chi connectivity index (χ1) is 9.09. The van der Waals surface area contributed by atoms with E-state index in [0.29, 0.717) is 10.8 Å². The minimum Gasteiger partial charge on any atom is -0.262 e. The Hall–Kier alpha value is -1.48. The first-order valence-corrected chi connectivity index (χ1v) is 8.27. The Bertz CT molecular complexity index is 724. The second-order valence-corrected chi connectivity index (χ2v) is 8.52. The molecular formula is C11H17N5O2S2. The molecule has 9 heteroatoms. The highest BCUT2D eigenvalue weighted by Crippen LogP contribution is 2.25. The summed E-state index contributed by atoms with van der Waals surface area (Å²) in [5.74, 6) is 0.405. The average Bonchev–Trinajstić information content (AvgIpc) is 2.85. The molecule has 110 valence electrons. The normalized spacial score (nSPS) is 12.7. The number of nitrogens with one attached hydrogen (secondary N) is 1. The molecule has 1 N–H and O–H groups in total. The van der Waals surface area contributed by atoms with E-state index >= 15 is 0 Å². The van der Waals surface area contributed by atoms with Crippen LogP contribution in [0.1, 0.15) is 31.5 Å². The molecule has 0 aliphatic carbocycles. The maximum atomic E-state index is 12.2. The van der Waals surface area contributed by atoms with Crippen molar-refractivity contribution < 1.29 is 8.42 Å². The van der Waals surface area contributed by atoms with Gasteiger partial charge in [-0.3, -0.25) is 9.40 Å². The van der Waals surface area contributed by atoms with Gasteiger partial charge in [-0.05, 0) is 6.92 Å². The summed E-state index contributed by atoms with van der Waals surface area (Å²) in [4.78, 5) is 0. The fraction of sp³-hybridized carbons (Fsp3) is 0.545. The largest absolute Gasteiger partial charge is 0.292 e. The van der Waals surface area contributed by atoms with Crippen molar-refractivity contribution in [2.75, 3.05) is 4.72 Å². The molecule has 2 aromatic rings. The van der Waals surface area contributed by atoms with Gasteiger partial charge in [-0.1, -0.05) is 32.1 Å². The first-order valence-electron chi connectivity index (χ1n) is 5.97. The van der Waals surface area contributed by atoms with Crippen molar-refractivity contribution in [3.05, 3.63) is 16.8 Å². The Balaban J connectivity index is 2.33. The molecule has 0 saturated carbocycles. The zero-order valence-corrected chi connectivity index (χ0v) is 13.6. The fourth-order valence-electron chi connectivity index (χ4n) is 1.50. The Kier molecular flexibility index (Phi) is 3.59. The van der Waals surface area contributed by atoms with Gasteiger partial charge in [-0.15, -0.1) is 10.2 Å². The zero-order chi connectivity index (χ0) is 15.1. The van der Waals surface area contributed by atoms with Crippen molar-refractivity contribution in [2.45, 2.75) is 37.4 Å². The highest BCUT2D eigenvalue weighted by atomic mass is 32.2. The number of sulfonamides is 1. The molecule has 0 saturated heterocycles. The molecule has 0 fully saturated rings. The third-order valence-corrected chi connectivity index (χ3v) is 5.19. The number of hydrogen-bond acceptors (Lipinski definition) is 6. The maximum absolute atomic E-state index is 12.2. The summed E-state index contributed by atoms with van der Waals surface area (Å²) in [5.41, 5.74) is 0.659. The predicted octanol–water partition coefficient (Wildman–Crippen LogP) is 1.68. The van der Waals surface area contributed by atoms with Crippen molar-refractivity contribution in [3.8, 4) is 0 Å². The van der Waals surface area contributed by atoms with E-state index in [9.17, 15) is 8.42 Å². The van der Waals surface area contributed by atoms with E-state index in [1.807, 2.05) is 20.8 Å². The number of aromatic nitrogens is 4. The second kappa shape index (κ2) is 4.81. The summed E-state index contributed by atoms with van der Waals surface area (Å²) in [6.07, 6.45) is 0. The second-order valence-electron chi connectivity index (χ2n) is 5.48. The lowest BCUT2D eigenvalue weighted by Crippen LogP contribution is -2.15. The van der Waals surface area contributed by atoms with Crippen molar-refractivity contribution in [1.82, 2.24) is 20.0 Å². The van der Waals surface area contributed by atoms with Gasteiger partial charge in [0.25, 0.3) is 14.4 Å². The molecule has 0 atom stereocenters. The van der Waals surface area contributed by atoms with Gasteiger partial charge in [0.15, 0.2) is 0 Å². The highest BCUT2D eigenvalue weighted by Gasteiger charge is 2.24. The molecule has 0 unspecified atom stereocenters. The van der Waals surface area contributed by atoms with Gasteiger partial charge in [0.1, 0.15) is 10.8 Å². The Morgan fingerprint density at radius 3 is 2.40 bits per heavy atom. The third kappa shape index (κ3) is 2.98. The van der Waals surface area contributed by atoms with Crippen LogP contribution in [0, 0.1) is 6.92 Å². The van der Waals surface area contributed by atoms with Crippen LogP contribution in [0.4, 0.5) is 5.82 Å². The average molecular weight is 315 g/mol. The SMILES string of the molecule is Cc1nnc(S(=O)(=O)Nc2cc(C(C)(C)C)nn2C)s1. The van der Waals surface area contributed by atoms with Gasteiger partial charge in [-0.2, -0.15) is 13.5 Å². The molecule has 2 rings (SSSR count). The predicted molar refractivity (Wildman–Crippen MR) is 77.4 cm³/mol. The number of rotatable bonds is 3. The molecule has 0 spiro atoms. The molecule has 2 aromatic heterocycles. The molecule has 0 amide bonds. The molecule has 0 aliphatic heterocycles. The van der Waals surface area contributed by atoms with E-state index in [1.54, 1.807) is 20.0 Å². The molecule has 0 aliphatic rings. The number of hydrogen-bond donors (Lipinski definition) is 1. The van der Waals surface area contributed by atoms with Gasteiger partial charge in [0.05, 0.1) is 5.69 Å². The quantitative estimate of drug-likeness (QED) is 0.930. The van der Waals surface area contributed by atoms with Crippen LogP contribution in [0.2, 0.25) is 0 Å². The Morgan fingerprint density at radius 2 is 1.95 bits per heavy atom. The first kappa shape index (κ1) is 14.9. The lowest BCUT2D eigenvalue weighted by atomic mass is 9.92. The number of anilines is 1. The molecule has 0 radical (unpaired) electrons. The Morgan fingerprint density at radius 1 is 1.30 bits per heavy atom. The summed E-state index contributed by atoms with van der Waals surface area (Å²) in [6.45, 7) is 7.75. The van der Waals surface area contributed by atoms with E-state index < -0.39 is 10.0 Å². The van der Waals surface area contributed by atoms with E-state index in [1.165, 1.54) is 4.68 Å².